The van der Waals surface area contributed by atoms with Gasteiger partial charge in [0.1, 0.15) is 18.3 Å². The van der Waals surface area contributed by atoms with E-state index in [2.05, 4.69) is 15.6 Å². The van der Waals surface area contributed by atoms with Gasteiger partial charge in [0, 0.05) is 131 Å². The molecule has 88 heavy (non-hydrogen) atoms. The number of carbonyl (C=O) groups excluding carboxylic acids is 7. The number of amides is 7. The van der Waals surface area contributed by atoms with Gasteiger partial charge in [0.15, 0.2) is 6.23 Å². The molecule has 6 aliphatic rings. The summed E-state index contributed by atoms with van der Waals surface area (Å²) in [6.07, 6.45) is -4.25. The first kappa shape index (κ1) is 66.9. The molecule has 0 saturated carbocycles. The summed E-state index contributed by atoms with van der Waals surface area (Å²) >= 11 is 0. The zero-order valence-electron chi connectivity index (χ0n) is 51.4. The summed E-state index contributed by atoms with van der Waals surface area (Å²) < 4.78 is 32.0. The Morgan fingerprint density at radius 3 is 2.03 bits per heavy atom. The van der Waals surface area contributed by atoms with E-state index in [1.54, 1.807) is 24.3 Å². The minimum Gasteiger partial charge on any atom is -0.394 e. The quantitative estimate of drug-likeness (QED) is 0.0603. The van der Waals surface area contributed by atoms with Crippen molar-refractivity contribution in [2.45, 2.75) is 175 Å². The largest absolute Gasteiger partial charge is 0.472 e. The van der Waals surface area contributed by atoms with Crippen molar-refractivity contribution in [1.82, 2.24) is 20.2 Å². The van der Waals surface area contributed by atoms with Crippen LogP contribution in [0.5, 0.6) is 0 Å². The number of primary amides is 6. The molecule has 2 aromatic rings. The SMILES string of the molecule is CC1=C2N=C(C=C3N/C(=C(/C)C4=N[C@@](C)([C@@H]5N=C1[C@](C)(CCC(=O)NC[C@@H](C)OP(=O)(O)O[C@H]1[C@@H](O)[C@@H](n6cnc7ccccc76)O[C@@H]1CO)[C@H]5CC(N)=O)[C@@](C)(CC(N)=O)[C@@H]4CCC(N)=O)[C@@](C)(CC(N)=O)[C@@H]3CCC(N)=O)C(C)(C)[C@@H]2CCC(N)=O. The van der Waals surface area contributed by atoms with Gasteiger partial charge in [-0.25, -0.2) is 9.55 Å². The topological polar surface area (TPSA) is 460 Å². The van der Waals surface area contributed by atoms with Gasteiger partial charge in [0.2, 0.25) is 41.4 Å². The van der Waals surface area contributed by atoms with E-state index in [1.165, 1.54) is 17.8 Å². The van der Waals surface area contributed by atoms with Crippen LogP contribution >= 0.6 is 7.82 Å². The van der Waals surface area contributed by atoms with Crippen molar-refractivity contribution in [3.05, 3.63) is 64.9 Å². The highest BCUT2D eigenvalue weighted by Crippen LogP contribution is 2.62. The smallest absolute Gasteiger partial charge is 0.394 e. The maximum atomic E-state index is 14.3. The molecule has 1 aromatic heterocycles. The van der Waals surface area contributed by atoms with Crippen molar-refractivity contribution in [1.29, 1.82) is 0 Å². The maximum Gasteiger partial charge on any atom is 0.472 e. The maximum absolute atomic E-state index is 14.3. The van der Waals surface area contributed by atoms with E-state index in [0.29, 0.717) is 56.4 Å². The second-order valence-corrected chi connectivity index (χ2v) is 27.5. The van der Waals surface area contributed by atoms with Gasteiger partial charge >= 0.3 is 7.82 Å². The number of carbonyl (C=O) groups is 7. The van der Waals surface area contributed by atoms with Gasteiger partial charge < -0.3 is 69.4 Å². The number of rotatable bonds is 26. The lowest BCUT2D eigenvalue weighted by Crippen LogP contribution is -2.56. The van der Waals surface area contributed by atoms with E-state index in [0.717, 1.165) is 0 Å². The number of allylic oxidation sites excluding steroid dienone is 6. The number of aliphatic imine (C=N–C) groups is 3. The molecule has 7 amide bonds. The third kappa shape index (κ3) is 12.6. The number of aliphatic hydroxyl groups excluding tert-OH is 2. The van der Waals surface area contributed by atoms with E-state index in [1.807, 2.05) is 61.5 Å². The highest BCUT2D eigenvalue weighted by molar-refractivity contribution is 7.47. The van der Waals surface area contributed by atoms with Gasteiger partial charge in [-0.3, -0.25) is 57.6 Å². The van der Waals surface area contributed by atoms with Crippen LogP contribution in [0, 0.1) is 45.3 Å². The zero-order valence-corrected chi connectivity index (χ0v) is 52.3. The number of fused-ring (bicyclic) bond motifs is 7. The Labute approximate surface area is 510 Å². The predicted molar refractivity (Wildman–Crippen MR) is 324 cm³/mol. The molecule has 0 spiro atoms. The number of imidazole rings is 1. The van der Waals surface area contributed by atoms with Crippen molar-refractivity contribution in [3.8, 4) is 0 Å². The Morgan fingerprint density at radius 2 is 1.43 bits per heavy atom. The molecule has 0 aliphatic carbocycles. The molecular weight excluding hydrogens is 1160 g/mol. The Hall–Kier alpha value is -7.00. The molecule has 8 bridgehead atoms. The Kier molecular flexibility index (Phi) is 19.1. The molecule has 2 fully saturated rings. The number of nitrogens with zero attached hydrogens (tertiary/aromatic N) is 5. The lowest BCUT2D eigenvalue weighted by Gasteiger charge is -2.48. The van der Waals surface area contributed by atoms with E-state index in [9.17, 15) is 53.2 Å². The Morgan fingerprint density at radius 1 is 0.818 bits per heavy atom. The summed E-state index contributed by atoms with van der Waals surface area (Å²) in [4.78, 5) is 125. The Bertz CT molecular complexity index is 3430. The van der Waals surface area contributed by atoms with Crippen molar-refractivity contribution >= 4 is 77.3 Å². The molecule has 27 nitrogen and oxygen atoms in total. The first-order valence-corrected chi connectivity index (χ1v) is 31.2. The van der Waals surface area contributed by atoms with Crippen molar-refractivity contribution in [2.24, 2.45) is 94.7 Å². The second-order valence-electron chi connectivity index (χ2n) is 26.1. The number of hydrogen-bond donors (Lipinski definition) is 11. The number of aliphatic hydroxyl groups is 2. The van der Waals surface area contributed by atoms with Crippen LogP contribution in [0.1, 0.15) is 139 Å². The standard InChI is InChI=1S/C60H86N13O14P/c1-29(86-88(83,84)87-51-39(27-74)85-55(50(51)82)73-28-68-36-12-10-11-13-38(36)73)26-67-47(81)20-21-57(6)35(22-44(64)78)54-60(9)59(8,25-46(66)80)34(16-19-43(63)77)49(72-60)31(3)53-58(7,24-45(65)79)32(14-17-41(61)75)37(69-53)23-40-56(4,5)33(15-18-42(62)76)48(70-40)30(2)52(57)71-54/h10-13,23,28-29,32-35,39,50-51,54-55,69,74,82H,14-22,24-27H2,1-9H3,(H2,61,75)(H2,62,76)(H2,63,77)(H2,64,78)(H2,65,79)(H2,66,80)(H,67,81)(H,83,84)/b37-23?,48-30?,53-31-/t29-,32-,33-,34-,35+,39-,50-,51-,54-,55+,57-,58+,59+,60+/m1/s1. The van der Waals surface area contributed by atoms with Crippen LogP contribution in [0.2, 0.25) is 0 Å². The second kappa shape index (κ2) is 25.1. The molecule has 2 saturated heterocycles. The summed E-state index contributed by atoms with van der Waals surface area (Å²) in [6.45, 7) is 15.4. The number of hydrogen-bond acceptors (Lipinski definition) is 18. The van der Waals surface area contributed by atoms with Crippen LogP contribution in [-0.2, 0) is 51.9 Å². The third-order valence-corrected chi connectivity index (χ3v) is 21.0. The van der Waals surface area contributed by atoms with Crippen LogP contribution < -0.4 is 45.0 Å². The van der Waals surface area contributed by atoms with Crippen LogP contribution in [-0.4, -0.2) is 132 Å². The number of phosphoric ester groups is 1. The number of para-hydroxylation sites is 2. The molecular formula is C60H86N13O14P. The lowest BCUT2D eigenvalue weighted by atomic mass is 9.55. The van der Waals surface area contributed by atoms with Crippen molar-refractivity contribution in [2.75, 3.05) is 13.2 Å². The van der Waals surface area contributed by atoms with Gasteiger partial charge in [-0.2, -0.15) is 0 Å². The first-order valence-electron chi connectivity index (χ1n) is 29.7. The molecule has 15 atom stereocenters. The lowest BCUT2D eigenvalue weighted by molar-refractivity contribution is -0.124. The molecule has 480 valence electrons. The summed E-state index contributed by atoms with van der Waals surface area (Å²) in [5.74, 6) is -7.18. The van der Waals surface area contributed by atoms with Gasteiger partial charge in [-0.1, -0.05) is 46.8 Å². The highest BCUT2D eigenvalue weighted by atomic mass is 31.2. The molecule has 1 unspecified atom stereocenters. The number of phosphoric acid groups is 1. The summed E-state index contributed by atoms with van der Waals surface area (Å²) in [7, 11) is -5.05. The molecule has 6 aliphatic heterocycles. The molecule has 1 aromatic carbocycles. The molecule has 17 N–H and O–H groups in total. The van der Waals surface area contributed by atoms with E-state index < -0.39 is 143 Å². The van der Waals surface area contributed by atoms with Gasteiger partial charge in [-0.15, -0.1) is 0 Å². The van der Waals surface area contributed by atoms with Gasteiger partial charge in [0.25, 0.3) is 0 Å². The average Bonchev–Trinajstić information content (AvgIpc) is 1.53. The van der Waals surface area contributed by atoms with Crippen molar-refractivity contribution in [3.63, 3.8) is 0 Å². The average molecular weight is 1240 g/mol. The highest BCUT2D eigenvalue weighted by Gasteiger charge is 2.66. The van der Waals surface area contributed by atoms with E-state index in [4.69, 9.17) is 63.2 Å². The fourth-order valence-electron chi connectivity index (χ4n) is 15.1. The molecule has 8 rings (SSSR count). The summed E-state index contributed by atoms with van der Waals surface area (Å²) in [5.41, 5.74) is 35.3. The van der Waals surface area contributed by atoms with Crippen LogP contribution in [0.4, 0.5) is 0 Å². The first-order chi connectivity index (χ1) is 41.0. The van der Waals surface area contributed by atoms with E-state index in [-0.39, 0.29) is 77.2 Å². The van der Waals surface area contributed by atoms with Gasteiger partial charge in [0.05, 0.1) is 41.7 Å². The monoisotopic (exact) mass is 1240 g/mol. The minimum absolute atomic E-state index is 0.0106. The van der Waals surface area contributed by atoms with E-state index >= 15 is 0 Å². The predicted octanol–water partition coefficient (Wildman–Crippen LogP) is 2.55. The molecule has 7 heterocycles. The van der Waals surface area contributed by atoms with Crippen molar-refractivity contribution < 1.29 is 67.0 Å². The number of nitrogens with two attached hydrogens (primary N) is 6. The summed E-state index contributed by atoms with van der Waals surface area (Å²) in [6, 6.07) is 6.00. The van der Waals surface area contributed by atoms with Crippen LogP contribution in [0.3, 0.4) is 0 Å². The number of ether oxygens (including phenoxy) is 1. The zero-order chi connectivity index (χ0) is 65.0. The molecule has 28 heteroatoms. The van der Waals surface area contributed by atoms with Gasteiger partial charge in [-0.05, 0) is 82.7 Å². The Balaban J connectivity index is 1.21. The normalized spacial score (nSPS) is 33.3. The fourth-order valence-corrected chi connectivity index (χ4v) is 16.3. The fraction of sp³-hybridized carbons (Fsp3) is 0.617. The third-order valence-electron chi connectivity index (χ3n) is 19.9. The number of benzene rings is 1. The molecule has 0 radical (unpaired) electrons. The van der Waals surface area contributed by atoms with Crippen LogP contribution in [0.15, 0.2) is 79.9 Å². The van der Waals surface area contributed by atoms with Crippen LogP contribution in [0.25, 0.3) is 11.0 Å². The minimum atomic E-state index is -5.05. The number of aromatic nitrogens is 2. The number of nitrogens with one attached hydrogen (secondary N) is 2. The summed E-state index contributed by atoms with van der Waals surface area (Å²) in [5, 5.41) is 28.0.